The van der Waals surface area contributed by atoms with Gasteiger partial charge >= 0.3 is 5.97 Å². The van der Waals surface area contributed by atoms with Crippen LogP contribution < -0.4 is 14.2 Å². The Labute approximate surface area is 287 Å². The molecule has 13 heteroatoms. The van der Waals surface area contributed by atoms with Crippen LogP contribution in [-0.2, 0) is 46.1 Å². The number of rotatable bonds is 26. The minimum Gasteiger partial charge on any atom is -0.491 e. The van der Waals surface area contributed by atoms with Crippen LogP contribution in [0.25, 0.3) is 0 Å². The maximum Gasteiger partial charge on any atom is 0.308 e. The molecule has 3 aromatic carbocycles. The summed E-state index contributed by atoms with van der Waals surface area (Å²) in [5.41, 5.74) is 2.34. The predicted octanol–water partition coefficient (Wildman–Crippen LogP) is 4.82. The highest BCUT2D eigenvalue weighted by atomic mass is 16.6. The predicted molar refractivity (Wildman–Crippen MR) is 181 cm³/mol. The number of benzene rings is 3. The molecule has 0 saturated carbocycles. The molecular weight excluding hydrogens is 638 g/mol. The van der Waals surface area contributed by atoms with Crippen molar-refractivity contribution >= 4 is 11.7 Å². The molecule has 0 aliphatic heterocycles. The number of ether oxygens (including phenoxy) is 9. The van der Waals surface area contributed by atoms with Gasteiger partial charge in [-0.2, -0.15) is 0 Å². The summed E-state index contributed by atoms with van der Waals surface area (Å²) in [6.07, 6.45) is 0.429. The first-order valence-corrected chi connectivity index (χ1v) is 16.1. The van der Waals surface area contributed by atoms with Crippen molar-refractivity contribution < 1.29 is 52.3 Å². The lowest BCUT2D eigenvalue weighted by Crippen LogP contribution is -2.13. The van der Waals surface area contributed by atoms with Gasteiger partial charge in [0.1, 0.15) is 30.5 Å². The second-order valence-electron chi connectivity index (χ2n) is 10.6. The summed E-state index contributed by atoms with van der Waals surface area (Å²) >= 11 is 0. The summed E-state index contributed by atoms with van der Waals surface area (Å²) < 4.78 is 49.6. The third-order valence-electron chi connectivity index (χ3n) is 6.97. The van der Waals surface area contributed by atoms with E-state index >= 15 is 0 Å². The van der Waals surface area contributed by atoms with Gasteiger partial charge in [-0.25, -0.2) is 0 Å². The van der Waals surface area contributed by atoms with Crippen molar-refractivity contribution in [1.82, 2.24) is 0 Å². The number of para-hydroxylation sites is 2. The summed E-state index contributed by atoms with van der Waals surface area (Å²) in [7, 11) is 3.23. The lowest BCUT2D eigenvalue weighted by Gasteiger charge is -2.17. The van der Waals surface area contributed by atoms with E-state index in [2.05, 4.69) is 0 Å². The van der Waals surface area contributed by atoms with Gasteiger partial charge in [0.25, 0.3) is 5.69 Å². The van der Waals surface area contributed by atoms with E-state index in [1.54, 1.807) is 14.2 Å². The van der Waals surface area contributed by atoms with Gasteiger partial charge < -0.3 is 42.6 Å². The van der Waals surface area contributed by atoms with Gasteiger partial charge in [-0.3, -0.25) is 14.9 Å². The molecule has 0 aromatic heterocycles. The maximum absolute atomic E-state index is 12.3. The summed E-state index contributed by atoms with van der Waals surface area (Å²) in [4.78, 5) is 23.9. The molecule has 0 radical (unpaired) electrons. The zero-order valence-corrected chi connectivity index (χ0v) is 28.5. The van der Waals surface area contributed by atoms with E-state index in [1.807, 2.05) is 48.5 Å². The molecule has 0 amide bonds. The van der Waals surface area contributed by atoms with Crippen LogP contribution in [0, 0.1) is 10.1 Å². The topological polar surface area (TPSA) is 143 Å². The molecule has 0 heterocycles. The van der Waals surface area contributed by atoms with Gasteiger partial charge in [-0.15, -0.1) is 0 Å². The van der Waals surface area contributed by atoms with E-state index in [-0.39, 0.29) is 37.5 Å². The van der Waals surface area contributed by atoms with Crippen molar-refractivity contribution in [3.8, 4) is 17.2 Å². The number of esters is 1. The van der Waals surface area contributed by atoms with Crippen LogP contribution in [0.2, 0.25) is 0 Å². The highest BCUT2D eigenvalue weighted by Gasteiger charge is 2.22. The average Bonchev–Trinajstić information content (AvgIpc) is 3.09. The molecule has 0 aliphatic carbocycles. The summed E-state index contributed by atoms with van der Waals surface area (Å²) in [6.45, 7) is 6.36. The lowest BCUT2D eigenvalue weighted by molar-refractivity contribution is -0.385. The maximum atomic E-state index is 12.3. The van der Waals surface area contributed by atoms with Crippen LogP contribution in [-0.4, -0.2) is 104 Å². The smallest absolute Gasteiger partial charge is 0.308 e. The Hall–Kier alpha value is -4.11. The SMILES string of the molecule is COCCOCCOCCOc1ccccc1Cc1cc([N+](=O)[O-])cc(Cc2ccccc2OCCOCCOCCOC)c1OC(C)=O. The molecule has 0 bridgehead atoms. The van der Waals surface area contributed by atoms with Crippen molar-refractivity contribution in [3.63, 3.8) is 0 Å². The van der Waals surface area contributed by atoms with Crippen LogP contribution in [0.15, 0.2) is 60.7 Å². The highest BCUT2D eigenvalue weighted by molar-refractivity contribution is 5.71. The summed E-state index contributed by atoms with van der Waals surface area (Å²) in [6, 6.07) is 17.6. The molecule has 3 rings (SSSR count). The normalized spacial score (nSPS) is 11.0. The largest absolute Gasteiger partial charge is 0.491 e. The van der Waals surface area contributed by atoms with Gasteiger partial charge in [0.05, 0.1) is 71.0 Å². The fourth-order valence-corrected chi connectivity index (χ4v) is 4.72. The molecule has 0 unspecified atom stereocenters. The fourth-order valence-electron chi connectivity index (χ4n) is 4.72. The van der Waals surface area contributed by atoms with Crippen LogP contribution >= 0.6 is 0 Å². The first kappa shape index (κ1) is 39.3. The number of carbonyl (C=O) groups is 1. The Morgan fingerprint density at radius 1 is 0.592 bits per heavy atom. The molecule has 13 nitrogen and oxygen atoms in total. The van der Waals surface area contributed by atoms with Crippen LogP contribution in [0.5, 0.6) is 17.2 Å². The highest BCUT2D eigenvalue weighted by Crippen LogP contribution is 2.36. The molecule has 268 valence electrons. The Morgan fingerprint density at radius 2 is 0.980 bits per heavy atom. The standard InChI is InChI=1S/C36H47NO12/c1-28(38)49-36-31(24-29-8-4-6-10-34(29)47-22-20-45-18-16-43-14-12-41-2)26-33(37(39)40)27-32(36)25-30-9-5-7-11-35(30)48-23-21-46-19-17-44-15-13-42-3/h4-11,26-27H,12-25H2,1-3H3. The van der Waals surface area contributed by atoms with E-state index in [1.165, 1.54) is 19.1 Å². The lowest BCUT2D eigenvalue weighted by atomic mass is 9.96. The van der Waals surface area contributed by atoms with Gasteiger partial charge in [0.2, 0.25) is 0 Å². The molecule has 49 heavy (non-hydrogen) atoms. The first-order valence-electron chi connectivity index (χ1n) is 16.1. The molecule has 0 atom stereocenters. The van der Waals surface area contributed by atoms with Gasteiger partial charge in [-0.05, 0) is 23.3 Å². The van der Waals surface area contributed by atoms with Crippen molar-refractivity contribution in [2.45, 2.75) is 19.8 Å². The van der Waals surface area contributed by atoms with E-state index in [4.69, 9.17) is 42.6 Å². The molecular formula is C36H47NO12. The number of nitro groups is 1. The Kier molecular flexibility index (Phi) is 18.7. The number of nitro benzene ring substituents is 1. The minimum atomic E-state index is -0.544. The van der Waals surface area contributed by atoms with Crippen LogP contribution in [0.3, 0.4) is 0 Å². The third kappa shape index (κ3) is 14.9. The number of carbonyl (C=O) groups excluding carboxylic acids is 1. The Bertz CT molecular complexity index is 1330. The second-order valence-corrected chi connectivity index (χ2v) is 10.6. The van der Waals surface area contributed by atoms with Crippen LogP contribution in [0.4, 0.5) is 5.69 Å². The second kappa shape index (κ2) is 23.3. The molecule has 0 saturated heterocycles. The van der Waals surface area contributed by atoms with Crippen LogP contribution in [0.1, 0.15) is 29.2 Å². The zero-order valence-electron chi connectivity index (χ0n) is 28.5. The average molecular weight is 686 g/mol. The quantitative estimate of drug-likeness (QED) is 0.0376. The van der Waals surface area contributed by atoms with Crippen molar-refractivity contribution in [2.75, 3.05) is 93.5 Å². The molecule has 3 aromatic rings. The molecule has 0 spiro atoms. The number of non-ortho nitro benzene ring substituents is 1. The van der Waals surface area contributed by atoms with E-state index < -0.39 is 10.9 Å². The van der Waals surface area contributed by atoms with Gasteiger partial charge in [0, 0.05) is 57.2 Å². The first-order chi connectivity index (χ1) is 23.9. The minimum absolute atomic E-state index is 0.125. The number of methoxy groups -OCH3 is 2. The van der Waals surface area contributed by atoms with Crippen molar-refractivity contribution in [2.24, 2.45) is 0 Å². The van der Waals surface area contributed by atoms with E-state index in [0.29, 0.717) is 88.7 Å². The van der Waals surface area contributed by atoms with Gasteiger partial charge in [0.15, 0.2) is 0 Å². The van der Waals surface area contributed by atoms with Crippen molar-refractivity contribution in [1.29, 1.82) is 0 Å². The van der Waals surface area contributed by atoms with E-state index in [0.717, 1.165) is 11.1 Å². The van der Waals surface area contributed by atoms with E-state index in [9.17, 15) is 14.9 Å². The Morgan fingerprint density at radius 3 is 1.37 bits per heavy atom. The number of nitrogens with zero attached hydrogens (tertiary/aromatic N) is 1. The summed E-state index contributed by atoms with van der Waals surface area (Å²) in [5, 5.41) is 12.1. The Balaban J connectivity index is 1.73. The monoisotopic (exact) mass is 685 g/mol. The number of hydrogen-bond acceptors (Lipinski definition) is 12. The fraction of sp³-hybridized carbons (Fsp3) is 0.472. The summed E-state index contributed by atoms with van der Waals surface area (Å²) in [5.74, 6) is 0.895. The third-order valence-corrected chi connectivity index (χ3v) is 6.97. The zero-order chi connectivity index (χ0) is 35.1. The molecule has 0 fully saturated rings. The molecule has 0 aliphatic rings. The molecule has 0 N–H and O–H groups in total. The number of hydrogen-bond donors (Lipinski definition) is 0. The van der Waals surface area contributed by atoms with Crippen molar-refractivity contribution in [3.05, 3.63) is 93.0 Å². The van der Waals surface area contributed by atoms with Gasteiger partial charge in [-0.1, -0.05) is 36.4 Å².